The minimum absolute atomic E-state index is 0.271. The first kappa shape index (κ1) is 17.4. The van der Waals surface area contributed by atoms with E-state index >= 15 is 0 Å². The molecule has 10 heteroatoms. The zero-order valence-electron chi connectivity index (χ0n) is 12.4. The molecule has 25 heavy (non-hydrogen) atoms. The van der Waals surface area contributed by atoms with Crippen LogP contribution in [0.2, 0.25) is 0 Å². The molecule has 0 bridgehead atoms. The van der Waals surface area contributed by atoms with E-state index in [1.807, 2.05) is 0 Å². The number of nitrogens with zero attached hydrogens (tertiary/aromatic N) is 2. The topological polar surface area (TPSA) is 63.5 Å². The summed E-state index contributed by atoms with van der Waals surface area (Å²) in [6.45, 7) is 0. The van der Waals surface area contributed by atoms with Crippen molar-refractivity contribution < 1.29 is 26.0 Å². The van der Waals surface area contributed by atoms with Crippen LogP contribution < -0.4 is 4.72 Å². The van der Waals surface area contributed by atoms with Gasteiger partial charge in [-0.05, 0) is 29.8 Å². The number of pyridine rings is 1. The number of aromatic nitrogens is 2. The van der Waals surface area contributed by atoms with Crippen molar-refractivity contribution in [3.63, 3.8) is 0 Å². The summed E-state index contributed by atoms with van der Waals surface area (Å²) in [4.78, 5) is 3.85. The van der Waals surface area contributed by atoms with Gasteiger partial charge < -0.3 is 0 Å². The fourth-order valence-corrected chi connectivity index (χ4v) is 3.61. The van der Waals surface area contributed by atoms with Crippen molar-refractivity contribution in [3.05, 3.63) is 66.2 Å². The Morgan fingerprint density at radius 1 is 1.08 bits per heavy atom. The molecule has 2 aromatic heterocycles. The van der Waals surface area contributed by atoms with Crippen molar-refractivity contribution in [2.24, 2.45) is 0 Å². The number of hydrogen-bond acceptors (Lipinski definition) is 3. The lowest BCUT2D eigenvalue weighted by atomic mass is 10.1. The van der Waals surface area contributed by atoms with Crippen LogP contribution >= 0.6 is 0 Å². The largest absolute Gasteiger partial charge is 0.408 e. The van der Waals surface area contributed by atoms with Gasteiger partial charge in [-0.2, -0.15) is 17.9 Å². The van der Waals surface area contributed by atoms with Gasteiger partial charge in [0.15, 0.2) is 5.03 Å². The van der Waals surface area contributed by atoms with E-state index in [1.165, 1.54) is 18.3 Å². The Bertz CT molecular complexity index is 998. The number of imidazole rings is 1. The van der Waals surface area contributed by atoms with Gasteiger partial charge in [0.05, 0.1) is 6.20 Å². The van der Waals surface area contributed by atoms with E-state index in [9.17, 15) is 26.0 Å². The zero-order chi connectivity index (χ0) is 18.2. The van der Waals surface area contributed by atoms with E-state index in [-0.39, 0.29) is 5.65 Å². The Kier molecular flexibility index (Phi) is 4.25. The second-order valence-corrected chi connectivity index (χ2v) is 6.83. The molecule has 3 aromatic rings. The minimum atomic E-state index is -4.91. The first-order valence-corrected chi connectivity index (χ1v) is 8.43. The number of sulfonamides is 1. The van der Waals surface area contributed by atoms with Gasteiger partial charge in [-0.15, -0.1) is 0 Å². The molecule has 132 valence electrons. The highest BCUT2D eigenvalue weighted by Gasteiger charge is 2.44. The van der Waals surface area contributed by atoms with Crippen molar-refractivity contribution in [1.82, 2.24) is 14.1 Å². The Balaban J connectivity index is 2.02. The van der Waals surface area contributed by atoms with Crippen LogP contribution in [0.1, 0.15) is 11.6 Å². The van der Waals surface area contributed by atoms with Gasteiger partial charge in [0.2, 0.25) is 0 Å². The third kappa shape index (κ3) is 3.49. The molecule has 0 spiro atoms. The van der Waals surface area contributed by atoms with Gasteiger partial charge in [0, 0.05) is 6.20 Å². The summed E-state index contributed by atoms with van der Waals surface area (Å²) >= 11 is 0. The second-order valence-electron chi connectivity index (χ2n) is 5.17. The van der Waals surface area contributed by atoms with E-state index in [1.54, 1.807) is 10.8 Å². The molecule has 1 atom stereocenters. The monoisotopic (exact) mass is 373 g/mol. The van der Waals surface area contributed by atoms with E-state index in [0.29, 0.717) is 0 Å². The molecule has 0 aliphatic rings. The van der Waals surface area contributed by atoms with Gasteiger partial charge in [0.25, 0.3) is 10.0 Å². The zero-order valence-corrected chi connectivity index (χ0v) is 13.2. The Morgan fingerprint density at radius 3 is 2.40 bits per heavy atom. The van der Waals surface area contributed by atoms with Gasteiger partial charge >= 0.3 is 6.18 Å². The maximum absolute atomic E-state index is 13.3. The molecule has 0 radical (unpaired) electrons. The van der Waals surface area contributed by atoms with Crippen molar-refractivity contribution in [2.75, 3.05) is 0 Å². The lowest BCUT2D eigenvalue weighted by Crippen LogP contribution is -2.38. The second kappa shape index (κ2) is 6.12. The molecule has 3 rings (SSSR count). The third-order valence-corrected chi connectivity index (χ3v) is 4.86. The smallest absolute Gasteiger partial charge is 0.289 e. The van der Waals surface area contributed by atoms with E-state index in [2.05, 4.69) is 4.98 Å². The summed E-state index contributed by atoms with van der Waals surface area (Å²) in [5, 5.41) is -0.431. The van der Waals surface area contributed by atoms with Crippen molar-refractivity contribution in [1.29, 1.82) is 0 Å². The molecule has 1 N–H and O–H groups in total. The molecule has 1 aromatic carbocycles. The van der Waals surface area contributed by atoms with Crippen LogP contribution in [0.4, 0.5) is 17.6 Å². The number of benzene rings is 1. The third-order valence-electron chi connectivity index (χ3n) is 3.46. The van der Waals surface area contributed by atoms with E-state index in [0.717, 1.165) is 34.9 Å². The van der Waals surface area contributed by atoms with Crippen molar-refractivity contribution in [3.8, 4) is 0 Å². The molecular formula is C15H11F4N3O2S. The summed E-state index contributed by atoms with van der Waals surface area (Å²) < 4.78 is 80.7. The fourth-order valence-electron chi connectivity index (χ4n) is 2.30. The van der Waals surface area contributed by atoms with Gasteiger partial charge in [-0.25, -0.2) is 17.8 Å². The molecule has 0 saturated carbocycles. The quantitative estimate of drug-likeness (QED) is 0.715. The average molecular weight is 373 g/mol. The SMILES string of the molecule is O=S(=O)(N[C@H](c1ccc(F)cc1)C(F)(F)F)c1cnc2ccccn12. The highest BCUT2D eigenvalue weighted by Crippen LogP contribution is 2.34. The maximum atomic E-state index is 13.3. The molecule has 2 heterocycles. The first-order valence-electron chi connectivity index (χ1n) is 6.95. The van der Waals surface area contributed by atoms with Crippen LogP contribution in [0.3, 0.4) is 0 Å². The Morgan fingerprint density at radius 2 is 1.76 bits per heavy atom. The maximum Gasteiger partial charge on any atom is 0.408 e. The number of alkyl halides is 3. The highest BCUT2D eigenvalue weighted by molar-refractivity contribution is 7.89. The normalized spacial score (nSPS) is 13.9. The van der Waals surface area contributed by atoms with Crippen LogP contribution in [0.25, 0.3) is 5.65 Å². The Hall–Kier alpha value is -2.46. The summed E-state index contributed by atoms with van der Waals surface area (Å²) in [6, 6.07) is 5.55. The van der Waals surface area contributed by atoms with Crippen LogP contribution in [0.15, 0.2) is 59.9 Å². The minimum Gasteiger partial charge on any atom is -0.289 e. The summed E-state index contributed by atoms with van der Waals surface area (Å²) in [5.41, 5.74) is -0.153. The van der Waals surface area contributed by atoms with Gasteiger partial charge in [-0.3, -0.25) is 4.40 Å². The number of fused-ring (bicyclic) bond motifs is 1. The molecule has 0 aliphatic carbocycles. The van der Waals surface area contributed by atoms with Crippen LogP contribution in [0.5, 0.6) is 0 Å². The predicted molar refractivity (Wildman–Crippen MR) is 80.7 cm³/mol. The first-order chi connectivity index (χ1) is 11.7. The molecule has 0 saturated heterocycles. The number of nitrogens with one attached hydrogen (secondary N) is 1. The molecule has 0 amide bonds. The summed E-state index contributed by atoms with van der Waals surface area (Å²) in [5.74, 6) is -0.727. The summed E-state index contributed by atoms with van der Waals surface area (Å²) in [7, 11) is -4.55. The van der Waals surface area contributed by atoms with Gasteiger partial charge in [-0.1, -0.05) is 18.2 Å². The van der Waals surface area contributed by atoms with Crippen LogP contribution in [0, 0.1) is 5.82 Å². The lowest BCUT2D eigenvalue weighted by Gasteiger charge is -2.21. The Labute approximate surface area is 140 Å². The fraction of sp³-hybridized carbons (Fsp3) is 0.133. The lowest BCUT2D eigenvalue weighted by molar-refractivity contribution is -0.153. The molecule has 5 nitrogen and oxygen atoms in total. The molecule has 0 unspecified atom stereocenters. The standard InChI is InChI=1S/C15H11F4N3O2S/c16-11-6-4-10(5-7-11)14(15(17,18)19)21-25(23,24)13-9-20-12-3-1-2-8-22(12)13/h1-9,14,21H/t14-/m1/s1. The van der Waals surface area contributed by atoms with Crippen LogP contribution in [-0.4, -0.2) is 24.0 Å². The molecular weight excluding hydrogens is 362 g/mol. The number of halogens is 4. The average Bonchev–Trinajstić information content (AvgIpc) is 2.97. The number of hydrogen-bond donors (Lipinski definition) is 1. The van der Waals surface area contributed by atoms with Gasteiger partial charge in [0.1, 0.15) is 17.5 Å². The predicted octanol–water partition coefficient (Wildman–Crippen LogP) is 3.06. The molecule has 0 aliphatic heterocycles. The van der Waals surface area contributed by atoms with E-state index in [4.69, 9.17) is 0 Å². The number of rotatable bonds is 4. The van der Waals surface area contributed by atoms with E-state index < -0.39 is 38.6 Å². The molecule has 0 fully saturated rings. The van der Waals surface area contributed by atoms with Crippen molar-refractivity contribution >= 4 is 15.7 Å². The van der Waals surface area contributed by atoms with Crippen LogP contribution in [-0.2, 0) is 10.0 Å². The van der Waals surface area contributed by atoms with Crippen molar-refractivity contribution in [2.45, 2.75) is 17.2 Å². The summed E-state index contributed by atoms with van der Waals surface area (Å²) in [6.07, 6.45) is -2.57. The highest BCUT2D eigenvalue weighted by atomic mass is 32.2.